The van der Waals surface area contributed by atoms with Gasteiger partial charge in [-0.3, -0.25) is 0 Å². The fraction of sp³-hybridized carbons (Fsp3) is 0.333. The quantitative estimate of drug-likeness (QED) is 0.535. The van der Waals surface area contributed by atoms with Gasteiger partial charge in [-0.05, 0) is 23.2 Å². The summed E-state index contributed by atoms with van der Waals surface area (Å²) in [6.45, 7) is 0. The van der Waals surface area contributed by atoms with Crippen molar-refractivity contribution in [1.29, 1.82) is 0 Å². The summed E-state index contributed by atoms with van der Waals surface area (Å²) in [4.78, 5) is 0. The Morgan fingerprint density at radius 2 is 2.70 bits per heavy atom. The molecule has 0 amide bonds. The molecule has 0 aromatic carbocycles. The lowest BCUT2D eigenvalue weighted by Gasteiger charge is -1.91. The highest BCUT2D eigenvalue weighted by molar-refractivity contribution is 7.98. The van der Waals surface area contributed by atoms with Gasteiger partial charge in [0.1, 0.15) is 5.03 Å². The van der Waals surface area contributed by atoms with Gasteiger partial charge in [-0.15, -0.1) is 11.8 Å². The SMILES string of the molecule is CSc1nscc1CC=S. The first-order chi connectivity index (χ1) is 4.88. The van der Waals surface area contributed by atoms with E-state index in [0.717, 1.165) is 11.4 Å². The summed E-state index contributed by atoms with van der Waals surface area (Å²) in [5, 5.41) is 4.91. The molecular formula is C6H7NS3. The van der Waals surface area contributed by atoms with E-state index in [1.165, 1.54) is 17.1 Å². The zero-order chi connectivity index (χ0) is 7.40. The maximum Gasteiger partial charge on any atom is 0.113 e. The van der Waals surface area contributed by atoms with Crippen LogP contribution in [-0.4, -0.2) is 16.0 Å². The van der Waals surface area contributed by atoms with E-state index >= 15 is 0 Å². The van der Waals surface area contributed by atoms with Gasteiger partial charge in [0.15, 0.2) is 0 Å². The Labute approximate surface area is 74.0 Å². The van der Waals surface area contributed by atoms with Crippen molar-refractivity contribution in [3.05, 3.63) is 10.9 Å². The first-order valence-electron chi connectivity index (χ1n) is 2.79. The number of aromatic nitrogens is 1. The van der Waals surface area contributed by atoms with Crippen LogP contribution >= 0.6 is 35.5 Å². The smallest absolute Gasteiger partial charge is 0.113 e. The van der Waals surface area contributed by atoms with Crippen LogP contribution in [0.5, 0.6) is 0 Å². The predicted molar refractivity (Wildman–Crippen MR) is 51.3 cm³/mol. The van der Waals surface area contributed by atoms with Gasteiger partial charge in [0, 0.05) is 17.4 Å². The molecule has 1 aromatic heterocycles. The first-order valence-corrected chi connectivity index (χ1v) is 5.32. The first kappa shape index (κ1) is 8.17. The molecule has 0 radical (unpaired) electrons. The molecular weight excluding hydrogens is 182 g/mol. The minimum absolute atomic E-state index is 0.863. The molecule has 4 heteroatoms. The van der Waals surface area contributed by atoms with Gasteiger partial charge in [0.25, 0.3) is 0 Å². The third kappa shape index (κ3) is 1.78. The van der Waals surface area contributed by atoms with Crippen molar-refractivity contribution in [3.8, 4) is 0 Å². The van der Waals surface area contributed by atoms with E-state index in [1.807, 2.05) is 6.26 Å². The average molecular weight is 189 g/mol. The van der Waals surface area contributed by atoms with Crippen LogP contribution in [-0.2, 0) is 6.42 Å². The Balaban J connectivity index is 2.79. The van der Waals surface area contributed by atoms with Gasteiger partial charge in [-0.2, -0.15) is 4.37 Å². The number of thiocarbonyl (C=S) groups is 1. The van der Waals surface area contributed by atoms with Crippen molar-refractivity contribution in [1.82, 2.24) is 4.37 Å². The van der Waals surface area contributed by atoms with Gasteiger partial charge in [0.05, 0.1) is 0 Å². The molecule has 1 heterocycles. The van der Waals surface area contributed by atoms with E-state index in [1.54, 1.807) is 17.1 Å². The molecule has 0 bridgehead atoms. The minimum atomic E-state index is 0.863. The number of hydrogen-bond donors (Lipinski definition) is 0. The van der Waals surface area contributed by atoms with E-state index in [0.29, 0.717) is 0 Å². The molecule has 0 aliphatic heterocycles. The van der Waals surface area contributed by atoms with Crippen molar-refractivity contribution in [3.63, 3.8) is 0 Å². The van der Waals surface area contributed by atoms with Gasteiger partial charge in [-0.1, -0.05) is 12.2 Å². The molecule has 0 fully saturated rings. The normalized spacial score (nSPS) is 9.70. The summed E-state index contributed by atoms with van der Waals surface area (Å²) in [5.41, 5.74) is 1.26. The van der Waals surface area contributed by atoms with Crippen LogP contribution in [0.3, 0.4) is 0 Å². The number of hydrogen-bond acceptors (Lipinski definition) is 4. The van der Waals surface area contributed by atoms with Crippen LogP contribution in [0.2, 0.25) is 0 Å². The van der Waals surface area contributed by atoms with Crippen molar-refractivity contribution >= 4 is 40.9 Å². The predicted octanol–water partition coefficient (Wildman–Crippen LogP) is 2.41. The standard InChI is InChI=1S/C6H7NS3/c1-9-6-5(2-3-8)4-10-7-6/h3-4H,2H2,1H3. The summed E-state index contributed by atoms with van der Waals surface area (Å²) >= 11 is 7.92. The molecule has 0 saturated carbocycles. The molecule has 0 spiro atoms. The van der Waals surface area contributed by atoms with E-state index in [2.05, 4.69) is 9.75 Å². The van der Waals surface area contributed by atoms with Crippen LogP contribution in [0.1, 0.15) is 5.56 Å². The molecule has 0 unspecified atom stereocenters. The fourth-order valence-electron chi connectivity index (χ4n) is 0.640. The second-order valence-electron chi connectivity index (χ2n) is 1.72. The van der Waals surface area contributed by atoms with Crippen LogP contribution in [0, 0.1) is 0 Å². The second-order valence-corrected chi connectivity index (χ2v) is 3.48. The van der Waals surface area contributed by atoms with E-state index in [-0.39, 0.29) is 0 Å². The Hall–Kier alpha value is 0.0700. The molecule has 1 aromatic rings. The summed E-state index contributed by atoms with van der Waals surface area (Å²) in [5.74, 6) is 0. The number of rotatable bonds is 3. The van der Waals surface area contributed by atoms with Gasteiger partial charge in [0.2, 0.25) is 0 Å². The van der Waals surface area contributed by atoms with Crippen molar-refractivity contribution in [2.75, 3.05) is 6.26 Å². The fourth-order valence-corrected chi connectivity index (χ4v) is 2.33. The van der Waals surface area contributed by atoms with Gasteiger partial charge < -0.3 is 0 Å². The molecule has 0 N–H and O–H groups in total. The lowest BCUT2D eigenvalue weighted by molar-refractivity contribution is 1.18. The molecule has 10 heavy (non-hydrogen) atoms. The molecule has 54 valence electrons. The van der Waals surface area contributed by atoms with Crippen molar-refractivity contribution < 1.29 is 0 Å². The van der Waals surface area contributed by atoms with E-state index in [4.69, 9.17) is 12.2 Å². The lowest BCUT2D eigenvalue weighted by atomic mass is 10.3. The zero-order valence-electron chi connectivity index (χ0n) is 5.53. The number of thioether (sulfide) groups is 1. The highest BCUT2D eigenvalue weighted by Crippen LogP contribution is 2.20. The Kier molecular flexibility index (Phi) is 3.31. The van der Waals surface area contributed by atoms with Gasteiger partial charge in [-0.25, -0.2) is 0 Å². The van der Waals surface area contributed by atoms with E-state index < -0.39 is 0 Å². The summed E-state index contributed by atoms with van der Waals surface area (Å²) in [6, 6.07) is 0. The van der Waals surface area contributed by atoms with Crippen LogP contribution in [0.4, 0.5) is 0 Å². The topological polar surface area (TPSA) is 12.9 Å². The van der Waals surface area contributed by atoms with Crippen molar-refractivity contribution in [2.45, 2.75) is 11.4 Å². The Bertz CT molecular complexity index is 219. The third-order valence-corrected chi connectivity index (χ3v) is 2.80. The van der Waals surface area contributed by atoms with Crippen LogP contribution in [0.15, 0.2) is 10.4 Å². The van der Waals surface area contributed by atoms with Crippen molar-refractivity contribution in [2.24, 2.45) is 0 Å². The average Bonchev–Trinajstić information content (AvgIpc) is 2.36. The van der Waals surface area contributed by atoms with Crippen LogP contribution in [0.25, 0.3) is 0 Å². The van der Waals surface area contributed by atoms with Gasteiger partial charge >= 0.3 is 0 Å². The molecule has 1 nitrogen and oxygen atoms in total. The summed E-state index contributed by atoms with van der Waals surface area (Å²) in [6.07, 6.45) is 2.89. The monoisotopic (exact) mass is 189 g/mol. The molecule has 0 aliphatic carbocycles. The lowest BCUT2D eigenvalue weighted by Crippen LogP contribution is -1.82. The second kappa shape index (κ2) is 4.05. The Morgan fingerprint density at radius 3 is 3.30 bits per heavy atom. The molecule has 0 atom stereocenters. The molecule has 0 saturated heterocycles. The largest absolute Gasteiger partial charge is 0.186 e. The van der Waals surface area contributed by atoms with Crippen LogP contribution < -0.4 is 0 Å². The highest BCUT2D eigenvalue weighted by atomic mass is 32.2. The Morgan fingerprint density at radius 1 is 1.90 bits per heavy atom. The summed E-state index contributed by atoms with van der Waals surface area (Å²) in [7, 11) is 0. The third-order valence-electron chi connectivity index (χ3n) is 1.10. The maximum absolute atomic E-state index is 4.75. The van der Waals surface area contributed by atoms with E-state index in [9.17, 15) is 0 Å². The number of nitrogens with zero attached hydrogens (tertiary/aromatic N) is 1. The molecule has 0 aliphatic rings. The molecule has 1 rings (SSSR count). The highest BCUT2D eigenvalue weighted by Gasteiger charge is 2.00. The zero-order valence-corrected chi connectivity index (χ0v) is 7.98. The minimum Gasteiger partial charge on any atom is -0.186 e. The maximum atomic E-state index is 4.75. The summed E-state index contributed by atoms with van der Waals surface area (Å²) < 4.78 is 4.19.